The molecule has 1 amide bonds. The quantitative estimate of drug-likeness (QED) is 0.637. The normalized spacial score (nSPS) is 11.7. The molecule has 0 fully saturated rings. The van der Waals surface area contributed by atoms with Crippen LogP contribution in [0.4, 0.5) is 18.9 Å². The summed E-state index contributed by atoms with van der Waals surface area (Å²) < 4.78 is 44.9. The van der Waals surface area contributed by atoms with Gasteiger partial charge in [-0.2, -0.15) is 13.2 Å². The van der Waals surface area contributed by atoms with Crippen molar-refractivity contribution in [1.82, 2.24) is 0 Å². The molecule has 2 aromatic carbocycles. The molecule has 3 rings (SSSR count). The van der Waals surface area contributed by atoms with Crippen molar-refractivity contribution in [2.45, 2.75) is 6.18 Å². The standard InChI is InChI=1S/C16H9BrF3NO2/c17-11-5-3-7-13-9(11)8-14(23-13)15(22)21-12-6-2-1-4-10(12)16(18,19)20/h1-8H,(H,21,22). The number of amides is 1. The third kappa shape index (κ3) is 3.10. The molecule has 23 heavy (non-hydrogen) atoms. The molecule has 3 nitrogen and oxygen atoms in total. The summed E-state index contributed by atoms with van der Waals surface area (Å²) in [6.07, 6.45) is -4.55. The smallest absolute Gasteiger partial charge is 0.418 e. The number of nitrogens with one attached hydrogen (secondary N) is 1. The fourth-order valence-corrected chi connectivity index (χ4v) is 2.62. The molecule has 0 aliphatic rings. The highest BCUT2D eigenvalue weighted by atomic mass is 79.9. The van der Waals surface area contributed by atoms with Crippen molar-refractivity contribution in [3.05, 3.63) is 64.3 Å². The zero-order chi connectivity index (χ0) is 16.6. The molecule has 0 spiro atoms. The Morgan fingerprint density at radius 1 is 1.09 bits per heavy atom. The van der Waals surface area contributed by atoms with Crippen LogP contribution in [0.3, 0.4) is 0 Å². The third-order valence-corrected chi connectivity index (χ3v) is 3.90. The van der Waals surface area contributed by atoms with Gasteiger partial charge in [0.15, 0.2) is 5.76 Å². The SMILES string of the molecule is O=C(Nc1ccccc1C(F)(F)F)c1cc2c(Br)cccc2o1. The van der Waals surface area contributed by atoms with Gasteiger partial charge in [-0.15, -0.1) is 0 Å². The van der Waals surface area contributed by atoms with E-state index < -0.39 is 17.6 Å². The lowest BCUT2D eigenvalue weighted by Gasteiger charge is -2.12. The number of halogens is 4. The Morgan fingerprint density at radius 2 is 1.83 bits per heavy atom. The predicted molar refractivity (Wildman–Crippen MR) is 83.3 cm³/mol. The summed E-state index contributed by atoms with van der Waals surface area (Å²) in [6, 6.07) is 11.4. The number of carbonyl (C=O) groups is 1. The highest BCUT2D eigenvalue weighted by molar-refractivity contribution is 9.10. The second-order valence-electron chi connectivity index (χ2n) is 4.76. The van der Waals surface area contributed by atoms with Crippen molar-refractivity contribution >= 4 is 38.5 Å². The largest absolute Gasteiger partial charge is 0.451 e. The Hall–Kier alpha value is -2.28. The van der Waals surface area contributed by atoms with Crippen LogP contribution in [0.1, 0.15) is 16.1 Å². The van der Waals surface area contributed by atoms with Crippen LogP contribution >= 0.6 is 15.9 Å². The second-order valence-corrected chi connectivity index (χ2v) is 5.61. The number of benzene rings is 2. The van der Waals surface area contributed by atoms with Crippen LogP contribution in [0.15, 0.2) is 57.4 Å². The van der Waals surface area contributed by atoms with E-state index in [4.69, 9.17) is 4.42 Å². The number of carbonyl (C=O) groups excluding carboxylic acids is 1. The second kappa shape index (κ2) is 5.73. The van der Waals surface area contributed by atoms with Crippen molar-refractivity contribution in [1.29, 1.82) is 0 Å². The van der Waals surface area contributed by atoms with Crippen molar-refractivity contribution in [3.8, 4) is 0 Å². The number of rotatable bonds is 2. The molecule has 7 heteroatoms. The van der Waals surface area contributed by atoms with Crippen molar-refractivity contribution in [3.63, 3.8) is 0 Å². The Morgan fingerprint density at radius 3 is 2.52 bits per heavy atom. The molecule has 0 saturated heterocycles. The summed E-state index contributed by atoms with van der Waals surface area (Å²) >= 11 is 3.32. The predicted octanol–water partition coefficient (Wildman–Crippen LogP) is 5.47. The molecule has 0 aliphatic carbocycles. The summed E-state index contributed by atoms with van der Waals surface area (Å²) in [4.78, 5) is 12.2. The summed E-state index contributed by atoms with van der Waals surface area (Å²) in [5, 5.41) is 2.91. The minimum absolute atomic E-state index is 0.0659. The number of fused-ring (bicyclic) bond motifs is 1. The molecule has 118 valence electrons. The molecule has 0 saturated carbocycles. The van der Waals surface area contributed by atoms with Gasteiger partial charge in [-0.25, -0.2) is 0 Å². The summed E-state index contributed by atoms with van der Waals surface area (Å²) in [7, 11) is 0. The van der Waals surface area contributed by atoms with Gasteiger partial charge in [0.1, 0.15) is 5.58 Å². The maximum atomic E-state index is 12.9. The van der Waals surface area contributed by atoms with E-state index in [1.807, 2.05) is 0 Å². The zero-order valence-electron chi connectivity index (χ0n) is 11.4. The molecule has 0 bridgehead atoms. The first kappa shape index (κ1) is 15.6. The van der Waals surface area contributed by atoms with Crippen molar-refractivity contribution in [2.75, 3.05) is 5.32 Å². The molecule has 1 heterocycles. The number of anilines is 1. The number of furan rings is 1. The lowest BCUT2D eigenvalue weighted by molar-refractivity contribution is -0.136. The monoisotopic (exact) mass is 383 g/mol. The van der Waals surface area contributed by atoms with Crippen molar-refractivity contribution in [2.24, 2.45) is 0 Å². The van der Waals surface area contributed by atoms with E-state index in [9.17, 15) is 18.0 Å². The Balaban J connectivity index is 1.94. The van der Waals surface area contributed by atoms with E-state index in [2.05, 4.69) is 21.2 Å². The van der Waals surface area contributed by atoms with Gasteiger partial charge in [-0.1, -0.05) is 34.1 Å². The molecule has 0 radical (unpaired) electrons. The molecule has 0 aliphatic heterocycles. The van der Waals surface area contributed by atoms with Gasteiger partial charge in [0.2, 0.25) is 0 Å². The van der Waals surface area contributed by atoms with Gasteiger partial charge < -0.3 is 9.73 Å². The Kier molecular flexibility index (Phi) is 3.89. The first-order valence-corrected chi connectivity index (χ1v) is 7.31. The molecule has 1 N–H and O–H groups in total. The highest BCUT2D eigenvalue weighted by Crippen LogP contribution is 2.35. The Bertz CT molecular complexity index is 886. The molecule has 0 atom stereocenters. The number of hydrogen-bond donors (Lipinski definition) is 1. The van der Waals surface area contributed by atoms with E-state index in [0.29, 0.717) is 11.0 Å². The third-order valence-electron chi connectivity index (χ3n) is 3.21. The molecule has 1 aromatic heterocycles. The average Bonchev–Trinajstić information content (AvgIpc) is 2.92. The van der Waals surface area contributed by atoms with Crippen molar-refractivity contribution < 1.29 is 22.4 Å². The highest BCUT2D eigenvalue weighted by Gasteiger charge is 2.33. The van der Waals surface area contributed by atoms with Gasteiger partial charge in [-0.3, -0.25) is 4.79 Å². The fourth-order valence-electron chi connectivity index (χ4n) is 2.16. The average molecular weight is 384 g/mol. The maximum Gasteiger partial charge on any atom is 0.418 e. The molecular formula is C16H9BrF3NO2. The number of hydrogen-bond acceptors (Lipinski definition) is 2. The van der Waals surface area contributed by atoms with Crippen LogP contribution in [0.2, 0.25) is 0 Å². The minimum Gasteiger partial charge on any atom is -0.451 e. The lowest BCUT2D eigenvalue weighted by Crippen LogP contribution is -2.16. The molecule has 3 aromatic rings. The van der Waals surface area contributed by atoms with Crippen LogP contribution in [0, 0.1) is 0 Å². The fraction of sp³-hybridized carbons (Fsp3) is 0.0625. The minimum atomic E-state index is -4.55. The van der Waals surface area contributed by atoms with E-state index >= 15 is 0 Å². The van der Waals surface area contributed by atoms with Crippen LogP contribution in [-0.2, 0) is 6.18 Å². The molecule has 0 unspecified atom stereocenters. The van der Waals surface area contributed by atoms with Gasteiger partial charge >= 0.3 is 6.18 Å². The van der Waals surface area contributed by atoms with Gasteiger partial charge in [0.05, 0.1) is 11.3 Å². The van der Waals surface area contributed by atoms with Gasteiger partial charge in [-0.05, 0) is 30.3 Å². The first-order chi connectivity index (χ1) is 10.9. The summed E-state index contributed by atoms with van der Waals surface area (Å²) in [6.45, 7) is 0. The van der Waals surface area contributed by atoms with E-state index in [-0.39, 0.29) is 11.4 Å². The lowest BCUT2D eigenvalue weighted by atomic mass is 10.1. The topological polar surface area (TPSA) is 42.2 Å². The zero-order valence-corrected chi connectivity index (χ0v) is 13.0. The summed E-state index contributed by atoms with van der Waals surface area (Å²) in [5.74, 6) is -0.811. The van der Waals surface area contributed by atoms with Crippen LogP contribution in [0.5, 0.6) is 0 Å². The van der Waals surface area contributed by atoms with E-state index in [0.717, 1.165) is 10.5 Å². The van der Waals surface area contributed by atoms with E-state index in [1.54, 1.807) is 18.2 Å². The van der Waals surface area contributed by atoms with Crippen LogP contribution in [0.25, 0.3) is 11.0 Å². The number of alkyl halides is 3. The van der Waals surface area contributed by atoms with Gasteiger partial charge in [0, 0.05) is 9.86 Å². The number of para-hydroxylation sites is 1. The summed E-state index contributed by atoms with van der Waals surface area (Å²) in [5.41, 5.74) is -0.760. The van der Waals surface area contributed by atoms with Gasteiger partial charge in [0.25, 0.3) is 5.91 Å². The maximum absolute atomic E-state index is 12.9. The Labute approximate surface area is 137 Å². The first-order valence-electron chi connectivity index (χ1n) is 6.52. The van der Waals surface area contributed by atoms with Crippen LogP contribution < -0.4 is 5.32 Å². The van der Waals surface area contributed by atoms with E-state index in [1.165, 1.54) is 24.3 Å². The molecular weight excluding hydrogens is 375 g/mol. The van der Waals surface area contributed by atoms with Crippen LogP contribution in [-0.4, -0.2) is 5.91 Å².